The lowest BCUT2D eigenvalue weighted by molar-refractivity contribution is -0.0712. The Hall–Kier alpha value is -1.26. The highest BCUT2D eigenvalue weighted by Crippen LogP contribution is 2.27. The first-order valence-electron chi connectivity index (χ1n) is 6.79. The molecule has 110 valence electrons. The predicted octanol–water partition coefficient (Wildman–Crippen LogP) is 3.19. The molecule has 0 aromatic rings. The lowest BCUT2D eigenvalue weighted by atomic mass is 9.94. The molecule has 5 nitrogen and oxygen atoms in total. The van der Waals surface area contributed by atoms with Gasteiger partial charge in [-0.3, -0.25) is 0 Å². The third-order valence-corrected chi connectivity index (χ3v) is 2.92. The van der Waals surface area contributed by atoms with Crippen LogP contribution in [0.5, 0.6) is 0 Å². The average molecular weight is 270 g/mol. The molecule has 0 saturated carbocycles. The lowest BCUT2D eigenvalue weighted by Gasteiger charge is -2.37. The molecule has 19 heavy (non-hydrogen) atoms. The van der Waals surface area contributed by atoms with Crippen LogP contribution in [0.25, 0.3) is 0 Å². The van der Waals surface area contributed by atoms with Gasteiger partial charge in [0.1, 0.15) is 11.2 Å². The Morgan fingerprint density at radius 1 is 1.21 bits per heavy atom. The molecule has 0 spiro atoms. The van der Waals surface area contributed by atoms with Gasteiger partial charge in [0.25, 0.3) is 0 Å². The van der Waals surface area contributed by atoms with Crippen LogP contribution in [0.2, 0.25) is 0 Å². The molecular weight excluding hydrogens is 244 g/mol. The number of hydrogen-bond donors (Lipinski definition) is 0. The number of carbonyl (C=O) groups is 1. The molecule has 1 rings (SSSR count). The SMILES string of the molecule is CC(C)=NOC1(C)CCN(C(=O)OC(C)(C)C)CC1. The molecule has 0 aromatic heterocycles. The zero-order valence-electron chi connectivity index (χ0n) is 12.9. The molecule has 0 bridgehead atoms. The minimum Gasteiger partial charge on any atom is -0.444 e. The van der Waals surface area contributed by atoms with E-state index in [1.54, 1.807) is 4.90 Å². The Bertz CT molecular complexity index is 346. The van der Waals surface area contributed by atoms with E-state index in [9.17, 15) is 4.79 Å². The van der Waals surface area contributed by atoms with E-state index in [4.69, 9.17) is 9.57 Å². The number of likely N-dealkylation sites (tertiary alicyclic amines) is 1. The Morgan fingerprint density at radius 3 is 2.16 bits per heavy atom. The van der Waals surface area contributed by atoms with Crippen molar-refractivity contribution in [3.8, 4) is 0 Å². The van der Waals surface area contributed by atoms with Crippen LogP contribution in [0.1, 0.15) is 54.4 Å². The van der Waals surface area contributed by atoms with Gasteiger partial charge < -0.3 is 14.5 Å². The number of oxime groups is 1. The van der Waals surface area contributed by atoms with Crippen molar-refractivity contribution in [2.75, 3.05) is 13.1 Å². The highest BCUT2D eigenvalue weighted by atomic mass is 16.6. The number of carbonyl (C=O) groups excluding carboxylic acids is 1. The first-order valence-corrected chi connectivity index (χ1v) is 6.79. The molecule has 0 unspecified atom stereocenters. The van der Waals surface area contributed by atoms with Crippen LogP contribution in [-0.2, 0) is 9.57 Å². The topological polar surface area (TPSA) is 51.1 Å². The van der Waals surface area contributed by atoms with E-state index in [0.717, 1.165) is 18.6 Å². The molecule has 0 atom stereocenters. The number of ether oxygens (including phenoxy) is 1. The van der Waals surface area contributed by atoms with Gasteiger partial charge >= 0.3 is 6.09 Å². The largest absolute Gasteiger partial charge is 0.444 e. The van der Waals surface area contributed by atoms with Gasteiger partial charge in [-0.2, -0.15) is 0 Å². The second-order valence-corrected chi connectivity index (χ2v) is 6.55. The maximum atomic E-state index is 11.9. The van der Waals surface area contributed by atoms with Gasteiger partial charge in [0.05, 0.1) is 5.71 Å². The van der Waals surface area contributed by atoms with Crippen LogP contribution in [-0.4, -0.2) is 41.0 Å². The summed E-state index contributed by atoms with van der Waals surface area (Å²) in [6, 6.07) is 0. The lowest BCUT2D eigenvalue weighted by Crippen LogP contribution is -2.47. The highest BCUT2D eigenvalue weighted by molar-refractivity contribution is 5.78. The third-order valence-electron chi connectivity index (χ3n) is 2.92. The second-order valence-electron chi connectivity index (χ2n) is 6.55. The van der Waals surface area contributed by atoms with Gasteiger partial charge in [0.15, 0.2) is 0 Å². The summed E-state index contributed by atoms with van der Waals surface area (Å²) >= 11 is 0. The van der Waals surface area contributed by atoms with Crippen molar-refractivity contribution in [2.45, 2.75) is 65.6 Å². The predicted molar refractivity (Wildman–Crippen MR) is 75.3 cm³/mol. The quantitative estimate of drug-likeness (QED) is 0.572. The van der Waals surface area contributed by atoms with Crippen molar-refractivity contribution in [3.63, 3.8) is 0 Å². The van der Waals surface area contributed by atoms with Crippen molar-refractivity contribution < 1.29 is 14.4 Å². The number of hydrogen-bond acceptors (Lipinski definition) is 4. The second kappa shape index (κ2) is 5.80. The van der Waals surface area contributed by atoms with Crippen LogP contribution < -0.4 is 0 Å². The molecule has 0 aliphatic carbocycles. The summed E-state index contributed by atoms with van der Waals surface area (Å²) in [7, 11) is 0. The van der Waals surface area contributed by atoms with E-state index in [1.165, 1.54) is 0 Å². The molecule has 0 aromatic carbocycles. The molecule has 0 N–H and O–H groups in total. The summed E-state index contributed by atoms with van der Waals surface area (Å²) in [4.78, 5) is 19.2. The molecule has 1 amide bonds. The summed E-state index contributed by atoms with van der Waals surface area (Å²) in [5.41, 5.74) is 0.170. The molecule has 0 radical (unpaired) electrons. The van der Waals surface area contributed by atoms with E-state index < -0.39 is 5.60 Å². The van der Waals surface area contributed by atoms with Crippen LogP contribution in [0.3, 0.4) is 0 Å². The van der Waals surface area contributed by atoms with Gasteiger partial charge in [-0.1, -0.05) is 5.16 Å². The van der Waals surface area contributed by atoms with Crippen molar-refractivity contribution >= 4 is 11.8 Å². The van der Waals surface area contributed by atoms with Gasteiger partial charge in [0.2, 0.25) is 0 Å². The maximum Gasteiger partial charge on any atom is 0.410 e. The minimum absolute atomic E-state index is 0.246. The zero-order chi connectivity index (χ0) is 14.7. The van der Waals surface area contributed by atoms with E-state index in [-0.39, 0.29) is 11.7 Å². The van der Waals surface area contributed by atoms with E-state index in [2.05, 4.69) is 5.16 Å². The molecule has 1 aliphatic rings. The average Bonchev–Trinajstić information content (AvgIpc) is 2.25. The highest BCUT2D eigenvalue weighted by Gasteiger charge is 2.35. The monoisotopic (exact) mass is 270 g/mol. The summed E-state index contributed by atoms with van der Waals surface area (Å²) in [6.07, 6.45) is 1.29. The van der Waals surface area contributed by atoms with Crippen molar-refractivity contribution in [2.24, 2.45) is 5.16 Å². The van der Waals surface area contributed by atoms with Gasteiger partial charge in [-0.05, 0) is 41.5 Å². The van der Waals surface area contributed by atoms with Gasteiger partial charge in [0, 0.05) is 25.9 Å². The summed E-state index contributed by atoms with van der Waals surface area (Å²) in [5, 5.41) is 4.03. The van der Waals surface area contributed by atoms with Gasteiger partial charge in [-0.15, -0.1) is 0 Å². The minimum atomic E-state index is -0.446. The molecule has 1 saturated heterocycles. The Kier molecular flexibility index (Phi) is 4.82. The smallest absolute Gasteiger partial charge is 0.410 e. The molecule has 1 heterocycles. The molecule has 1 aliphatic heterocycles. The fraction of sp³-hybridized carbons (Fsp3) is 0.857. The Balaban J connectivity index is 2.48. The standard InChI is InChI=1S/C14H26N2O3/c1-11(2)15-19-14(6)7-9-16(10-8-14)12(17)18-13(3,4)5/h7-10H2,1-6H3. The Morgan fingerprint density at radius 2 is 1.74 bits per heavy atom. The Labute approximate surface area is 115 Å². The number of nitrogens with zero attached hydrogens (tertiary/aromatic N) is 2. The third kappa shape index (κ3) is 5.49. The zero-order valence-corrected chi connectivity index (χ0v) is 12.9. The van der Waals surface area contributed by atoms with E-state index in [1.807, 2.05) is 41.5 Å². The molecule has 5 heteroatoms. The maximum absolute atomic E-state index is 11.9. The number of amides is 1. The van der Waals surface area contributed by atoms with Crippen molar-refractivity contribution in [1.29, 1.82) is 0 Å². The number of rotatable bonds is 2. The van der Waals surface area contributed by atoms with E-state index in [0.29, 0.717) is 13.1 Å². The van der Waals surface area contributed by atoms with Crippen LogP contribution in [0.15, 0.2) is 5.16 Å². The first-order chi connectivity index (χ1) is 8.61. The first kappa shape index (κ1) is 15.8. The summed E-state index contributed by atoms with van der Waals surface area (Å²) in [5.74, 6) is 0. The van der Waals surface area contributed by atoms with Crippen LogP contribution in [0.4, 0.5) is 4.79 Å². The molecular formula is C14H26N2O3. The van der Waals surface area contributed by atoms with E-state index >= 15 is 0 Å². The van der Waals surface area contributed by atoms with Gasteiger partial charge in [-0.25, -0.2) is 4.79 Å². The van der Waals surface area contributed by atoms with Crippen LogP contribution >= 0.6 is 0 Å². The molecule has 1 fully saturated rings. The number of piperidine rings is 1. The summed E-state index contributed by atoms with van der Waals surface area (Å²) < 4.78 is 5.36. The fourth-order valence-corrected chi connectivity index (χ4v) is 1.78. The van der Waals surface area contributed by atoms with Crippen molar-refractivity contribution in [3.05, 3.63) is 0 Å². The van der Waals surface area contributed by atoms with Crippen molar-refractivity contribution in [1.82, 2.24) is 4.90 Å². The fourth-order valence-electron chi connectivity index (χ4n) is 1.78. The summed E-state index contributed by atoms with van der Waals surface area (Å²) in [6.45, 7) is 12.8. The van der Waals surface area contributed by atoms with Crippen LogP contribution in [0, 0.1) is 0 Å². The normalized spacial score (nSPS) is 18.7.